The highest BCUT2D eigenvalue weighted by atomic mass is 16.5. The molecule has 0 aliphatic heterocycles. The molecule has 0 radical (unpaired) electrons. The van der Waals surface area contributed by atoms with E-state index >= 15 is 0 Å². The molecule has 0 bridgehead atoms. The quantitative estimate of drug-likeness (QED) is 0.0472. The number of rotatable bonds is 47. The first-order valence-corrected chi connectivity index (χ1v) is 25.2. The second-order valence-electron chi connectivity index (χ2n) is 17.5. The summed E-state index contributed by atoms with van der Waals surface area (Å²) in [7, 11) is 1.77. The summed E-state index contributed by atoms with van der Waals surface area (Å²) in [6.45, 7) is 10.0. The molecular formula is C50H101NO5. The number of carbonyl (C=O) groups is 1. The molecule has 336 valence electrons. The third-order valence-corrected chi connectivity index (χ3v) is 12.2. The van der Waals surface area contributed by atoms with E-state index < -0.39 is 6.10 Å². The average Bonchev–Trinajstić information content (AvgIpc) is 3.20. The number of nitrogens with zero attached hydrogens (tertiary/aromatic N) is 1. The molecule has 2 N–H and O–H groups in total. The third kappa shape index (κ3) is 36.4. The molecule has 0 saturated carbocycles. The number of hydrogen-bond acceptors (Lipinski definition) is 6. The fourth-order valence-corrected chi connectivity index (χ4v) is 8.36. The maximum Gasteiger partial charge on any atom is 0.308 e. The highest BCUT2D eigenvalue weighted by Gasteiger charge is 2.25. The Hall–Kier alpha value is -0.690. The Kier molecular flexibility index (Phi) is 44.8. The number of unbranched alkanes of at least 4 members (excludes halogenated alkanes) is 29. The second-order valence-corrected chi connectivity index (χ2v) is 17.5. The van der Waals surface area contributed by atoms with Gasteiger partial charge < -0.3 is 19.7 Å². The molecule has 0 heterocycles. The van der Waals surface area contributed by atoms with Gasteiger partial charge in [0.15, 0.2) is 0 Å². The van der Waals surface area contributed by atoms with E-state index in [-0.39, 0.29) is 24.5 Å². The largest absolute Gasteiger partial charge is 0.465 e. The lowest BCUT2D eigenvalue weighted by atomic mass is 9.94. The van der Waals surface area contributed by atoms with Gasteiger partial charge in [0.2, 0.25) is 0 Å². The lowest BCUT2D eigenvalue weighted by molar-refractivity contribution is -0.149. The van der Waals surface area contributed by atoms with Crippen LogP contribution in [0.1, 0.15) is 258 Å². The lowest BCUT2D eigenvalue weighted by Gasteiger charge is -2.34. The molecule has 0 aromatic heterocycles. The van der Waals surface area contributed by atoms with Gasteiger partial charge >= 0.3 is 5.97 Å². The highest BCUT2D eigenvalue weighted by molar-refractivity contribution is 5.72. The molecule has 0 aliphatic rings. The van der Waals surface area contributed by atoms with Crippen LogP contribution >= 0.6 is 0 Å². The summed E-state index contributed by atoms with van der Waals surface area (Å²) < 4.78 is 11.1. The zero-order valence-electron chi connectivity index (χ0n) is 38.5. The number of methoxy groups -OCH3 is 1. The summed E-state index contributed by atoms with van der Waals surface area (Å²) in [6, 6.07) is -0.175. The fraction of sp³-hybridized carbons (Fsp3) is 0.980. The van der Waals surface area contributed by atoms with Crippen molar-refractivity contribution in [2.75, 3.05) is 40.0 Å². The number of hydrogen-bond donors (Lipinski definition) is 2. The van der Waals surface area contributed by atoms with Crippen molar-refractivity contribution in [1.82, 2.24) is 4.90 Å². The van der Waals surface area contributed by atoms with Crippen molar-refractivity contribution in [3.8, 4) is 0 Å². The van der Waals surface area contributed by atoms with Gasteiger partial charge in [0.25, 0.3) is 0 Å². The molecule has 0 aromatic carbocycles. The Labute approximate surface area is 350 Å². The molecule has 0 saturated heterocycles. The minimum atomic E-state index is -0.471. The Morgan fingerprint density at radius 2 is 0.804 bits per heavy atom. The Balaban J connectivity index is 4.51. The molecule has 0 fully saturated rings. The molecule has 0 aromatic rings. The van der Waals surface area contributed by atoms with Crippen LogP contribution in [0.4, 0.5) is 0 Å². The maximum atomic E-state index is 13.1. The maximum absolute atomic E-state index is 13.1. The predicted molar refractivity (Wildman–Crippen MR) is 243 cm³/mol. The minimum Gasteiger partial charge on any atom is -0.465 e. The number of ether oxygens (including phenoxy) is 2. The van der Waals surface area contributed by atoms with Gasteiger partial charge in [-0.3, -0.25) is 9.69 Å². The smallest absolute Gasteiger partial charge is 0.308 e. The fourth-order valence-electron chi connectivity index (χ4n) is 8.36. The standard InChI is InChI=1S/C50H101NO5/c1-5-8-11-14-16-17-18-19-20-21-22-23-27-34-41-49(53)48(46-52)51(43-36-29-31-37-44-55-4)42-35-28-24-30-38-45-56-50(54)47(39-32-25-13-10-7-3)40-33-26-15-12-9-6-2/h47-49,52-53H,5-46H2,1-4H3. The van der Waals surface area contributed by atoms with Crippen LogP contribution in [-0.4, -0.2) is 73.2 Å². The van der Waals surface area contributed by atoms with Crippen molar-refractivity contribution in [2.45, 2.75) is 270 Å². The normalized spacial score (nSPS) is 13.4. The molecule has 0 aliphatic carbocycles. The summed E-state index contributed by atoms with van der Waals surface area (Å²) in [6.07, 6.45) is 44.7. The van der Waals surface area contributed by atoms with Gasteiger partial charge in [0.1, 0.15) is 0 Å². The number of aliphatic hydroxyl groups is 2. The average molecular weight is 796 g/mol. The molecule has 0 spiro atoms. The minimum absolute atomic E-state index is 0.0212. The van der Waals surface area contributed by atoms with Gasteiger partial charge in [0.05, 0.1) is 31.3 Å². The zero-order chi connectivity index (χ0) is 41.0. The number of aliphatic hydroxyl groups excluding tert-OH is 2. The lowest BCUT2D eigenvalue weighted by Crippen LogP contribution is -2.47. The van der Waals surface area contributed by atoms with Gasteiger partial charge in [-0.2, -0.15) is 0 Å². The molecule has 3 unspecified atom stereocenters. The first-order valence-electron chi connectivity index (χ1n) is 25.2. The van der Waals surface area contributed by atoms with E-state index in [0.717, 1.165) is 116 Å². The number of esters is 1. The summed E-state index contributed by atoms with van der Waals surface area (Å²) in [5.74, 6) is 0.132. The van der Waals surface area contributed by atoms with E-state index in [1.165, 1.54) is 141 Å². The monoisotopic (exact) mass is 796 g/mol. The summed E-state index contributed by atoms with van der Waals surface area (Å²) >= 11 is 0. The van der Waals surface area contributed by atoms with E-state index in [0.29, 0.717) is 6.61 Å². The van der Waals surface area contributed by atoms with Crippen molar-refractivity contribution in [2.24, 2.45) is 5.92 Å². The second kappa shape index (κ2) is 45.4. The number of carbonyl (C=O) groups excluding carboxylic acids is 1. The SMILES string of the molecule is CCCCCCCCCCCCCCCCC(O)C(CO)N(CCCCCCCOC(=O)C(CCCCCCC)CCCCCCCC)CCCCCCOC. The van der Waals surface area contributed by atoms with Gasteiger partial charge in [0, 0.05) is 13.7 Å². The molecule has 6 nitrogen and oxygen atoms in total. The van der Waals surface area contributed by atoms with Gasteiger partial charge in [-0.1, -0.05) is 213 Å². The van der Waals surface area contributed by atoms with Crippen LogP contribution in [0.5, 0.6) is 0 Å². The van der Waals surface area contributed by atoms with E-state index in [1.54, 1.807) is 7.11 Å². The summed E-state index contributed by atoms with van der Waals surface area (Å²) in [5.41, 5.74) is 0. The van der Waals surface area contributed by atoms with Crippen LogP contribution in [0.3, 0.4) is 0 Å². The van der Waals surface area contributed by atoms with Gasteiger partial charge in [-0.05, 0) is 58.0 Å². The van der Waals surface area contributed by atoms with E-state index in [2.05, 4.69) is 25.7 Å². The Morgan fingerprint density at radius 1 is 0.464 bits per heavy atom. The van der Waals surface area contributed by atoms with Gasteiger partial charge in [-0.25, -0.2) is 0 Å². The highest BCUT2D eigenvalue weighted by Crippen LogP contribution is 2.22. The van der Waals surface area contributed by atoms with Crippen LogP contribution in [-0.2, 0) is 14.3 Å². The molecule has 6 heteroatoms. The molecule has 3 atom stereocenters. The molecule has 0 amide bonds. The Bertz CT molecular complexity index is 766. The van der Waals surface area contributed by atoms with Crippen molar-refractivity contribution < 1.29 is 24.5 Å². The van der Waals surface area contributed by atoms with Crippen molar-refractivity contribution >= 4 is 5.97 Å². The van der Waals surface area contributed by atoms with E-state index in [1.807, 2.05) is 0 Å². The summed E-state index contributed by atoms with van der Waals surface area (Å²) in [5, 5.41) is 21.7. The molecule has 0 rings (SSSR count). The van der Waals surface area contributed by atoms with Crippen LogP contribution in [0.2, 0.25) is 0 Å². The topological polar surface area (TPSA) is 79.2 Å². The van der Waals surface area contributed by atoms with Crippen molar-refractivity contribution in [3.63, 3.8) is 0 Å². The third-order valence-electron chi connectivity index (χ3n) is 12.2. The first kappa shape index (κ1) is 55.3. The Morgan fingerprint density at radius 3 is 1.20 bits per heavy atom. The van der Waals surface area contributed by atoms with Gasteiger partial charge in [-0.15, -0.1) is 0 Å². The van der Waals surface area contributed by atoms with Crippen LogP contribution in [0.15, 0.2) is 0 Å². The molecular weight excluding hydrogens is 695 g/mol. The van der Waals surface area contributed by atoms with Crippen molar-refractivity contribution in [1.29, 1.82) is 0 Å². The van der Waals surface area contributed by atoms with Crippen LogP contribution in [0, 0.1) is 5.92 Å². The molecule has 56 heavy (non-hydrogen) atoms. The summed E-state index contributed by atoms with van der Waals surface area (Å²) in [4.78, 5) is 15.5. The van der Waals surface area contributed by atoms with Crippen molar-refractivity contribution in [3.05, 3.63) is 0 Å². The van der Waals surface area contributed by atoms with Crippen LogP contribution in [0.25, 0.3) is 0 Å². The predicted octanol–water partition coefficient (Wildman–Crippen LogP) is 14.3. The first-order chi connectivity index (χ1) is 27.5. The van der Waals surface area contributed by atoms with Crippen LogP contribution < -0.4 is 0 Å². The van der Waals surface area contributed by atoms with E-state index in [9.17, 15) is 15.0 Å². The zero-order valence-corrected chi connectivity index (χ0v) is 38.5. The van der Waals surface area contributed by atoms with E-state index in [4.69, 9.17) is 9.47 Å².